The van der Waals surface area contributed by atoms with Crippen molar-refractivity contribution < 1.29 is 17.9 Å². The molecule has 0 saturated heterocycles. The van der Waals surface area contributed by atoms with E-state index in [2.05, 4.69) is 23.9 Å². The fraction of sp³-hybridized carbons (Fsp3) is 0.692. The van der Waals surface area contributed by atoms with Gasteiger partial charge in [0.25, 0.3) is 10.0 Å². The van der Waals surface area contributed by atoms with Crippen molar-refractivity contribution in [1.29, 1.82) is 0 Å². The lowest BCUT2D eigenvalue weighted by molar-refractivity contribution is 0.285. The molecule has 20 heavy (non-hydrogen) atoms. The van der Waals surface area contributed by atoms with Crippen LogP contribution >= 0.6 is 0 Å². The zero-order chi connectivity index (χ0) is 15.0. The Balaban J connectivity index is 2.48. The van der Waals surface area contributed by atoms with Crippen molar-refractivity contribution in [3.8, 4) is 0 Å². The SMILES string of the molecule is CC(C)CNCc1ccc(S(=O)(=O)NCCCCO)o1. The molecule has 0 fully saturated rings. The fourth-order valence-electron chi connectivity index (χ4n) is 1.60. The van der Waals surface area contributed by atoms with Crippen molar-refractivity contribution in [1.82, 2.24) is 10.0 Å². The zero-order valence-corrected chi connectivity index (χ0v) is 12.9. The number of sulfonamides is 1. The van der Waals surface area contributed by atoms with E-state index in [0.29, 0.717) is 37.6 Å². The van der Waals surface area contributed by atoms with Gasteiger partial charge in [-0.3, -0.25) is 0 Å². The van der Waals surface area contributed by atoms with Gasteiger partial charge in [0, 0.05) is 13.2 Å². The van der Waals surface area contributed by atoms with Crippen LogP contribution < -0.4 is 10.0 Å². The van der Waals surface area contributed by atoms with Crippen molar-refractivity contribution >= 4 is 10.0 Å². The molecule has 0 bridgehead atoms. The van der Waals surface area contributed by atoms with Gasteiger partial charge in [0.05, 0.1) is 6.54 Å². The van der Waals surface area contributed by atoms with Gasteiger partial charge >= 0.3 is 0 Å². The third-order valence-corrected chi connectivity index (χ3v) is 3.96. The molecule has 1 rings (SSSR count). The highest BCUT2D eigenvalue weighted by atomic mass is 32.2. The largest absolute Gasteiger partial charge is 0.447 e. The summed E-state index contributed by atoms with van der Waals surface area (Å²) in [4.78, 5) is 0. The maximum absolute atomic E-state index is 11.9. The summed E-state index contributed by atoms with van der Waals surface area (Å²) in [5.74, 6) is 1.13. The first-order chi connectivity index (χ1) is 9.45. The van der Waals surface area contributed by atoms with Crippen LogP contribution in [-0.4, -0.2) is 33.2 Å². The molecule has 0 unspecified atom stereocenters. The first kappa shape index (κ1) is 17.2. The summed E-state index contributed by atoms with van der Waals surface area (Å²) in [6.45, 7) is 5.92. The normalized spacial score (nSPS) is 12.2. The quantitative estimate of drug-likeness (QED) is 0.563. The highest BCUT2D eigenvalue weighted by molar-refractivity contribution is 7.89. The van der Waals surface area contributed by atoms with Crippen LogP contribution in [0.5, 0.6) is 0 Å². The number of rotatable bonds is 10. The summed E-state index contributed by atoms with van der Waals surface area (Å²) in [6.07, 6.45) is 1.17. The minimum atomic E-state index is -3.59. The predicted octanol–water partition coefficient (Wildman–Crippen LogP) is 1.08. The number of unbranched alkanes of at least 4 members (excludes halogenated alkanes) is 1. The summed E-state index contributed by atoms with van der Waals surface area (Å²) in [7, 11) is -3.59. The molecular formula is C13H24N2O4S. The van der Waals surface area contributed by atoms with Gasteiger partial charge in [-0.15, -0.1) is 0 Å². The number of aliphatic hydroxyl groups excluding tert-OH is 1. The topological polar surface area (TPSA) is 91.6 Å². The molecule has 0 aliphatic rings. The van der Waals surface area contributed by atoms with Crippen molar-refractivity contribution in [2.75, 3.05) is 19.7 Å². The number of furan rings is 1. The Bertz CT molecular complexity index is 482. The van der Waals surface area contributed by atoms with Gasteiger partial charge in [-0.2, -0.15) is 0 Å². The van der Waals surface area contributed by atoms with E-state index in [4.69, 9.17) is 9.52 Å². The van der Waals surface area contributed by atoms with E-state index in [0.717, 1.165) is 6.54 Å². The van der Waals surface area contributed by atoms with Crippen molar-refractivity contribution in [2.45, 2.75) is 38.3 Å². The number of aliphatic hydroxyl groups is 1. The van der Waals surface area contributed by atoms with E-state index in [9.17, 15) is 8.42 Å². The second-order valence-electron chi connectivity index (χ2n) is 5.07. The molecule has 1 heterocycles. The molecule has 0 aliphatic carbocycles. The molecule has 7 heteroatoms. The highest BCUT2D eigenvalue weighted by Gasteiger charge is 2.17. The van der Waals surface area contributed by atoms with E-state index in [1.807, 2.05) is 0 Å². The van der Waals surface area contributed by atoms with E-state index in [1.54, 1.807) is 6.07 Å². The Hall–Kier alpha value is -0.890. The second kappa shape index (κ2) is 8.41. The van der Waals surface area contributed by atoms with Crippen LogP contribution in [0.2, 0.25) is 0 Å². The smallest absolute Gasteiger partial charge is 0.273 e. The zero-order valence-electron chi connectivity index (χ0n) is 12.1. The van der Waals surface area contributed by atoms with Crippen LogP contribution in [0.15, 0.2) is 21.6 Å². The number of hydrogen-bond acceptors (Lipinski definition) is 5. The average molecular weight is 304 g/mol. The molecule has 0 saturated carbocycles. The van der Waals surface area contributed by atoms with Crippen molar-refractivity contribution in [3.05, 3.63) is 17.9 Å². The van der Waals surface area contributed by atoms with Gasteiger partial charge < -0.3 is 14.8 Å². The lowest BCUT2D eigenvalue weighted by Gasteiger charge is -2.05. The molecule has 0 radical (unpaired) electrons. The van der Waals surface area contributed by atoms with Crippen LogP contribution in [0.25, 0.3) is 0 Å². The van der Waals surface area contributed by atoms with E-state index in [1.165, 1.54) is 6.07 Å². The number of nitrogens with one attached hydrogen (secondary N) is 2. The third kappa shape index (κ3) is 6.04. The molecule has 116 valence electrons. The Kier molecular flexibility index (Phi) is 7.22. The standard InChI is InChI=1S/C13H24N2O4S/c1-11(2)9-14-10-12-5-6-13(19-12)20(17,18)15-7-3-4-8-16/h5-6,11,14-16H,3-4,7-10H2,1-2H3. The summed E-state index contributed by atoms with van der Waals surface area (Å²) in [5, 5.41) is 11.8. The van der Waals surface area contributed by atoms with E-state index >= 15 is 0 Å². The second-order valence-corrected chi connectivity index (χ2v) is 6.77. The summed E-state index contributed by atoms with van der Waals surface area (Å²) < 4.78 is 31.6. The Labute approximate surface area is 120 Å². The van der Waals surface area contributed by atoms with Gasteiger partial charge in [0.2, 0.25) is 5.09 Å². The summed E-state index contributed by atoms with van der Waals surface area (Å²) >= 11 is 0. The van der Waals surface area contributed by atoms with Crippen molar-refractivity contribution in [3.63, 3.8) is 0 Å². The molecule has 0 aliphatic heterocycles. The third-order valence-electron chi connectivity index (χ3n) is 2.63. The Morgan fingerprint density at radius 1 is 1.30 bits per heavy atom. The minimum Gasteiger partial charge on any atom is -0.447 e. The first-order valence-corrected chi connectivity index (χ1v) is 8.34. The highest BCUT2D eigenvalue weighted by Crippen LogP contribution is 2.13. The van der Waals surface area contributed by atoms with Crippen LogP contribution in [0.3, 0.4) is 0 Å². The van der Waals surface area contributed by atoms with Gasteiger partial charge in [-0.25, -0.2) is 13.1 Å². The average Bonchev–Trinajstić information content (AvgIpc) is 2.84. The molecule has 1 aromatic rings. The minimum absolute atomic E-state index is 0.0636. The molecule has 3 N–H and O–H groups in total. The van der Waals surface area contributed by atoms with Crippen LogP contribution in [0, 0.1) is 5.92 Å². The molecular weight excluding hydrogens is 280 g/mol. The Morgan fingerprint density at radius 2 is 2.05 bits per heavy atom. The van der Waals surface area contributed by atoms with Gasteiger partial charge in [0.1, 0.15) is 5.76 Å². The van der Waals surface area contributed by atoms with Gasteiger partial charge in [-0.05, 0) is 37.4 Å². The molecule has 0 atom stereocenters. The molecule has 0 spiro atoms. The fourth-order valence-corrected chi connectivity index (χ4v) is 2.62. The van der Waals surface area contributed by atoms with E-state index < -0.39 is 10.0 Å². The lowest BCUT2D eigenvalue weighted by Crippen LogP contribution is -2.24. The molecule has 0 amide bonds. The van der Waals surface area contributed by atoms with Crippen molar-refractivity contribution in [2.24, 2.45) is 5.92 Å². The maximum Gasteiger partial charge on any atom is 0.273 e. The maximum atomic E-state index is 11.9. The van der Waals surface area contributed by atoms with Crippen LogP contribution in [0.4, 0.5) is 0 Å². The van der Waals surface area contributed by atoms with Crippen LogP contribution in [-0.2, 0) is 16.6 Å². The monoisotopic (exact) mass is 304 g/mol. The Morgan fingerprint density at radius 3 is 2.70 bits per heavy atom. The number of hydrogen-bond donors (Lipinski definition) is 3. The molecule has 1 aromatic heterocycles. The summed E-state index contributed by atoms with van der Waals surface area (Å²) in [5.41, 5.74) is 0. The molecule has 6 nitrogen and oxygen atoms in total. The van der Waals surface area contributed by atoms with Gasteiger partial charge in [-0.1, -0.05) is 13.8 Å². The van der Waals surface area contributed by atoms with E-state index in [-0.39, 0.29) is 11.7 Å². The summed E-state index contributed by atoms with van der Waals surface area (Å²) in [6, 6.07) is 3.12. The first-order valence-electron chi connectivity index (χ1n) is 6.85. The predicted molar refractivity (Wildman–Crippen MR) is 76.8 cm³/mol. The lowest BCUT2D eigenvalue weighted by atomic mass is 10.2. The van der Waals surface area contributed by atoms with Gasteiger partial charge in [0.15, 0.2) is 0 Å². The van der Waals surface area contributed by atoms with Crippen LogP contribution in [0.1, 0.15) is 32.4 Å². The molecule has 0 aromatic carbocycles.